The van der Waals surface area contributed by atoms with Gasteiger partial charge in [-0.05, 0) is 37.9 Å². The minimum Gasteiger partial charge on any atom is -0.296 e. The van der Waals surface area contributed by atoms with Gasteiger partial charge in [-0.2, -0.15) is 0 Å². The van der Waals surface area contributed by atoms with Crippen LogP contribution in [0.2, 0.25) is 0 Å². The second-order valence-corrected chi connectivity index (χ2v) is 4.88. The molecule has 0 aliphatic carbocycles. The number of hydrogen-bond donors (Lipinski definition) is 0. The molecule has 1 unspecified atom stereocenters. The summed E-state index contributed by atoms with van der Waals surface area (Å²) in [6, 6.07) is 11.3. The Balaban J connectivity index is 0.00000144. The van der Waals surface area contributed by atoms with E-state index in [0.29, 0.717) is 6.04 Å². The molecule has 0 saturated carbocycles. The van der Waals surface area contributed by atoms with Crippen molar-refractivity contribution in [2.24, 2.45) is 0 Å². The van der Waals surface area contributed by atoms with Gasteiger partial charge < -0.3 is 0 Å². The monoisotopic (exact) mass is 273 g/mol. The lowest BCUT2D eigenvalue weighted by Crippen LogP contribution is -2.34. The first-order valence-corrected chi connectivity index (χ1v) is 6.80. The maximum Gasteiger partial charge on any atom is 0.0359 e. The Hall–Kier alpha value is -0.240. The van der Waals surface area contributed by atoms with E-state index in [1.165, 1.54) is 37.9 Å². The van der Waals surface area contributed by atoms with Crippen LogP contribution in [0.5, 0.6) is 0 Å². The molecule has 1 heterocycles. The van der Waals surface area contributed by atoms with Gasteiger partial charge in [-0.25, -0.2) is 0 Å². The largest absolute Gasteiger partial charge is 0.296 e. The molecule has 0 aromatic heterocycles. The van der Waals surface area contributed by atoms with Gasteiger partial charge in [0.05, 0.1) is 0 Å². The zero-order chi connectivity index (χ0) is 11.2. The third kappa shape index (κ3) is 4.17. The summed E-state index contributed by atoms with van der Waals surface area (Å²) in [7, 11) is 0. The highest BCUT2D eigenvalue weighted by atomic mass is 35.5. The lowest BCUT2D eigenvalue weighted by molar-refractivity contribution is 0.160. The Kier molecular flexibility index (Phi) is 6.94. The number of halogens is 2. The molecule has 1 aromatic rings. The maximum atomic E-state index is 5.94. The van der Waals surface area contributed by atoms with Crippen LogP contribution in [0.15, 0.2) is 30.3 Å². The van der Waals surface area contributed by atoms with Crippen molar-refractivity contribution in [2.75, 3.05) is 19.0 Å². The number of likely N-dealkylation sites (tertiary alicyclic amines) is 1. The quantitative estimate of drug-likeness (QED) is 0.741. The van der Waals surface area contributed by atoms with E-state index in [2.05, 4.69) is 35.2 Å². The predicted molar refractivity (Wildman–Crippen MR) is 77.2 cm³/mol. The van der Waals surface area contributed by atoms with Crippen LogP contribution in [-0.4, -0.2) is 23.9 Å². The van der Waals surface area contributed by atoms with Gasteiger partial charge in [-0.15, -0.1) is 24.0 Å². The van der Waals surface area contributed by atoms with Crippen molar-refractivity contribution in [3.8, 4) is 0 Å². The van der Waals surface area contributed by atoms with E-state index in [-0.39, 0.29) is 12.4 Å². The normalized spacial score (nSPS) is 18.4. The molecule has 1 aliphatic rings. The zero-order valence-corrected chi connectivity index (χ0v) is 11.7. The molecule has 17 heavy (non-hydrogen) atoms. The summed E-state index contributed by atoms with van der Waals surface area (Å²) in [5.41, 5.74) is 1.42. The fourth-order valence-electron chi connectivity index (χ4n) is 2.57. The molecular weight excluding hydrogens is 253 g/mol. The Bertz CT molecular complexity index is 296. The fourth-order valence-corrected chi connectivity index (χ4v) is 2.78. The van der Waals surface area contributed by atoms with Crippen molar-refractivity contribution < 1.29 is 0 Å². The third-order valence-corrected chi connectivity index (χ3v) is 3.62. The standard InChI is InChI=1S/C14H20ClN.ClH/c15-10-9-14(13-7-3-1-4-8-13)16-11-5-2-6-12-16;/h1,3-4,7-8,14H,2,5-6,9-12H2;1H. The minimum atomic E-state index is 0. The van der Waals surface area contributed by atoms with E-state index in [1.807, 2.05) is 0 Å². The van der Waals surface area contributed by atoms with Gasteiger partial charge >= 0.3 is 0 Å². The van der Waals surface area contributed by atoms with Crippen molar-refractivity contribution in [1.82, 2.24) is 4.90 Å². The average Bonchev–Trinajstić information content (AvgIpc) is 2.38. The zero-order valence-electron chi connectivity index (χ0n) is 10.1. The molecule has 0 bridgehead atoms. The van der Waals surface area contributed by atoms with Gasteiger partial charge in [0.15, 0.2) is 0 Å². The van der Waals surface area contributed by atoms with E-state index in [0.717, 1.165) is 12.3 Å². The van der Waals surface area contributed by atoms with Crippen LogP contribution < -0.4 is 0 Å². The van der Waals surface area contributed by atoms with Gasteiger partial charge in [0.2, 0.25) is 0 Å². The number of hydrogen-bond acceptors (Lipinski definition) is 1. The average molecular weight is 274 g/mol. The number of alkyl halides is 1. The highest BCUT2D eigenvalue weighted by Gasteiger charge is 2.21. The SMILES string of the molecule is Cl.ClCCC(c1ccccc1)N1CCCCC1. The van der Waals surface area contributed by atoms with Crippen molar-refractivity contribution in [1.29, 1.82) is 0 Å². The first kappa shape index (κ1) is 14.8. The van der Waals surface area contributed by atoms with Crippen LogP contribution in [0.4, 0.5) is 0 Å². The summed E-state index contributed by atoms with van der Waals surface area (Å²) < 4.78 is 0. The molecule has 0 N–H and O–H groups in total. The smallest absolute Gasteiger partial charge is 0.0359 e. The number of rotatable bonds is 4. The summed E-state index contributed by atoms with van der Waals surface area (Å²) in [4.78, 5) is 2.60. The summed E-state index contributed by atoms with van der Waals surface area (Å²) >= 11 is 5.94. The molecule has 1 aliphatic heterocycles. The lowest BCUT2D eigenvalue weighted by Gasteiger charge is -2.34. The van der Waals surface area contributed by atoms with E-state index >= 15 is 0 Å². The summed E-state index contributed by atoms with van der Waals surface area (Å²) in [5, 5.41) is 0. The second kappa shape index (κ2) is 7.97. The molecule has 1 atom stereocenters. The van der Waals surface area contributed by atoms with Crippen molar-refractivity contribution in [2.45, 2.75) is 31.7 Å². The molecule has 1 nitrogen and oxygen atoms in total. The highest BCUT2D eigenvalue weighted by Crippen LogP contribution is 2.27. The van der Waals surface area contributed by atoms with Crippen LogP contribution in [0, 0.1) is 0 Å². The summed E-state index contributed by atoms with van der Waals surface area (Å²) in [6.45, 7) is 2.47. The van der Waals surface area contributed by atoms with Crippen LogP contribution in [-0.2, 0) is 0 Å². The Morgan fingerprint density at radius 2 is 1.71 bits per heavy atom. The Morgan fingerprint density at radius 3 is 2.29 bits per heavy atom. The van der Waals surface area contributed by atoms with E-state index < -0.39 is 0 Å². The molecule has 0 spiro atoms. The fraction of sp³-hybridized carbons (Fsp3) is 0.571. The number of nitrogens with zero attached hydrogens (tertiary/aromatic N) is 1. The Morgan fingerprint density at radius 1 is 1.06 bits per heavy atom. The minimum absolute atomic E-state index is 0. The van der Waals surface area contributed by atoms with Crippen LogP contribution >= 0.6 is 24.0 Å². The van der Waals surface area contributed by atoms with Gasteiger partial charge in [0, 0.05) is 11.9 Å². The van der Waals surface area contributed by atoms with Gasteiger partial charge in [0.1, 0.15) is 0 Å². The van der Waals surface area contributed by atoms with Crippen LogP contribution in [0.1, 0.15) is 37.3 Å². The molecule has 1 saturated heterocycles. The topological polar surface area (TPSA) is 3.24 Å². The molecule has 2 rings (SSSR count). The molecule has 3 heteroatoms. The maximum absolute atomic E-state index is 5.94. The van der Waals surface area contributed by atoms with Gasteiger partial charge in [-0.3, -0.25) is 4.90 Å². The molecule has 0 radical (unpaired) electrons. The first-order chi connectivity index (χ1) is 7.92. The molecule has 1 fully saturated rings. The van der Waals surface area contributed by atoms with Gasteiger partial charge in [-0.1, -0.05) is 36.8 Å². The van der Waals surface area contributed by atoms with Crippen molar-refractivity contribution in [3.63, 3.8) is 0 Å². The molecule has 96 valence electrons. The van der Waals surface area contributed by atoms with E-state index in [9.17, 15) is 0 Å². The predicted octanol–water partition coefficient (Wildman–Crippen LogP) is 4.26. The molecule has 0 amide bonds. The highest BCUT2D eigenvalue weighted by molar-refractivity contribution is 6.17. The van der Waals surface area contributed by atoms with Crippen molar-refractivity contribution >= 4 is 24.0 Å². The number of piperidine rings is 1. The first-order valence-electron chi connectivity index (χ1n) is 6.27. The van der Waals surface area contributed by atoms with Crippen LogP contribution in [0.25, 0.3) is 0 Å². The van der Waals surface area contributed by atoms with E-state index in [4.69, 9.17) is 11.6 Å². The summed E-state index contributed by atoms with van der Waals surface area (Å²) in [6.07, 6.45) is 5.13. The lowest BCUT2D eigenvalue weighted by atomic mass is 10.00. The van der Waals surface area contributed by atoms with Crippen LogP contribution in [0.3, 0.4) is 0 Å². The number of benzene rings is 1. The Labute approximate surface area is 116 Å². The third-order valence-electron chi connectivity index (χ3n) is 3.40. The summed E-state index contributed by atoms with van der Waals surface area (Å²) in [5.74, 6) is 0.746. The van der Waals surface area contributed by atoms with Gasteiger partial charge in [0.25, 0.3) is 0 Å². The second-order valence-electron chi connectivity index (χ2n) is 4.50. The van der Waals surface area contributed by atoms with Crippen molar-refractivity contribution in [3.05, 3.63) is 35.9 Å². The molecular formula is C14H21Cl2N. The molecule has 1 aromatic carbocycles. The van der Waals surface area contributed by atoms with E-state index in [1.54, 1.807) is 0 Å².